The van der Waals surface area contributed by atoms with Gasteiger partial charge in [0.25, 0.3) is 0 Å². The zero-order chi connectivity index (χ0) is 20.2. The number of benzene rings is 1. The third-order valence-corrected chi connectivity index (χ3v) is 5.43. The van der Waals surface area contributed by atoms with Gasteiger partial charge in [0.05, 0.1) is 0 Å². The Morgan fingerprint density at radius 1 is 1.24 bits per heavy atom. The predicted octanol–water partition coefficient (Wildman–Crippen LogP) is 3.61. The number of piperidine rings is 1. The Bertz CT molecular complexity index is 992. The molecular weight excluding hydrogens is 366 g/mol. The molecule has 3 heterocycles. The van der Waals surface area contributed by atoms with Gasteiger partial charge in [-0.2, -0.15) is 4.98 Å². The number of aromatic nitrogens is 3. The molecule has 1 saturated heterocycles. The van der Waals surface area contributed by atoms with Crippen molar-refractivity contribution < 1.29 is 9.32 Å². The Morgan fingerprint density at radius 2 is 2.03 bits per heavy atom. The van der Waals surface area contributed by atoms with Gasteiger partial charge in [0.15, 0.2) is 0 Å². The van der Waals surface area contributed by atoms with E-state index < -0.39 is 0 Å². The number of rotatable bonds is 5. The molecule has 0 aliphatic carbocycles. The van der Waals surface area contributed by atoms with Crippen LogP contribution in [0.4, 0.5) is 5.82 Å². The van der Waals surface area contributed by atoms with Crippen LogP contribution in [-0.2, 0) is 6.54 Å². The highest BCUT2D eigenvalue weighted by atomic mass is 16.5. The number of aryl methyl sites for hydroxylation is 1. The van der Waals surface area contributed by atoms with Crippen LogP contribution in [-0.4, -0.2) is 34.1 Å². The van der Waals surface area contributed by atoms with Crippen molar-refractivity contribution in [2.24, 2.45) is 5.92 Å². The lowest BCUT2D eigenvalue weighted by atomic mass is 9.99. The fourth-order valence-corrected chi connectivity index (χ4v) is 3.46. The van der Waals surface area contributed by atoms with Crippen molar-refractivity contribution in [2.45, 2.75) is 33.2 Å². The third-order valence-electron chi connectivity index (χ3n) is 5.43. The number of pyridine rings is 1. The van der Waals surface area contributed by atoms with E-state index in [0.29, 0.717) is 12.4 Å². The maximum absolute atomic E-state index is 12.4. The molecule has 1 N–H and O–H groups in total. The first-order valence-electron chi connectivity index (χ1n) is 9.98. The first-order chi connectivity index (χ1) is 14.1. The second-order valence-electron chi connectivity index (χ2n) is 7.60. The molecule has 0 unspecified atom stereocenters. The minimum Gasteiger partial charge on any atom is -0.357 e. The predicted molar refractivity (Wildman–Crippen MR) is 110 cm³/mol. The van der Waals surface area contributed by atoms with Gasteiger partial charge in [-0.3, -0.25) is 4.79 Å². The molecule has 1 aliphatic rings. The number of anilines is 1. The summed E-state index contributed by atoms with van der Waals surface area (Å²) >= 11 is 0. The summed E-state index contributed by atoms with van der Waals surface area (Å²) < 4.78 is 5.19. The van der Waals surface area contributed by atoms with Crippen LogP contribution in [0.5, 0.6) is 0 Å². The fraction of sp³-hybridized carbons (Fsp3) is 0.364. The molecule has 0 radical (unpaired) electrons. The van der Waals surface area contributed by atoms with E-state index in [2.05, 4.69) is 32.3 Å². The van der Waals surface area contributed by atoms with E-state index in [1.807, 2.05) is 43.3 Å². The van der Waals surface area contributed by atoms with Crippen molar-refractivity contribution in [1.29, 1.82) is 0 Å². The summed E-state index contributed by atoms with van der Waals surface area (Å²) in [5.41, 5.74) is 2.96. The van der Waals surface area contributed by atoms with E-state index in [1.54, 1.807) is 6.20 Å². The highest BCUT2D eigenvalue weighted by molar-refractivity contribution is 5.89. The van der Waals surface area contributed by atoms with Crippen molar-refractivity contribution in [3.05, 3.63) is 59.6 Å². The minimum atomic E-state index is -0.383. The van der Waals surface area contributed by atoms with Crippen molar-refractivity contribution in [3.63, 3.8) is 0 Å². The number of carbonyl (C=O) groups is 1. The Labute approximate surface area is 170 Å². The van der Waals surface area contributed by atoms with Gasteiger partial charge in [0.1, 0.15) is 5.82 Å². The summed E-state index contributed by atoms with van der Waals surface area (Å²) in [4.78, 5) is 23.4. The van der Waals surface area contributed by atoms with Gasteiger partial charge in [-0.25, -0.2) is 4.98 Å². The molecule has 3 aromatic rings. The quantitative estimate of drug-likeness (QED) is 0.715. The molecule has 0 spiro atoms. The van der Waals surface area contributed by atoms with Crippen LogP contribution in [0.2, 0.25) is 0 Å². The number of carbonyl (C=O) groups excluding carboxylic acids is 1. The van der Waals surface area contributed by atoms with Gasteiger partial charge < -0.3 is 14.7 Å². The summed E-state index contributed by atoms with van der Waals surface area (Å²) in [5, 5.41) is 6.82. The number of amides is 1. The molecule has 1 aliphatic heterocycles. The molecule has 1 aromatic carbocycles. The van der Waals surface area contributed by atoms with Crippen LogP contribution < -0.4 is 10.2 Å². The molecular formula is C22H25N5O2. The lowest BCUT2D eigenvalue weighted by Gasteiger charge is -2.31. The SMILES string of the molecule is Cc1ccccc1CNC(=O)c1nc(-c2ccnc(N3CCC(C)CC3)c2)no1. The summed E-state index contributed by atoms with van der Waals surface area (Å²) in [5.74, 6) is 1.63. The van der Waals surface area contributed by atoms with Gasteiger partial charge in [0.2, 0.25) is 5.82 Å². The number of nitrogens with zero attached hydrogens (tertiary/aromatic N) is 4. The molecule has 29 heavy (non-hydrogen) atoms. The van der Waals surface area contributed by atoms with Crippen LogP contribution >= 0.6 is 0 Å². The summed E-state index contributed by atoms with van der Waals surface area (Å²) in [6.45, 7) is 6.70. The lowest BCUT2D eigenvalue weighted by molar-refractivity contribution is 0.0907. The van der Waals surface area contributed by atoms with Gasteiger partial charge >= 0.3 is 11.8 Å². The van der Waals surface area contributed by atoms with Crippen LogP contribution in [0.25, 0.3) is 11.4 Å². The first-order valence-corrected chi connectivity index (χ1v) is 9.98. The zero-order valence-corrected chi connectivity index (χ0v) is 16.8. The number of hydrogen-bond donors (Lipinski definition) is 1. The minimum absolute atomic E-state index is 0.0428. The van der Waals surface area contributed by atoms with E-state index >= 15 is 0 Å². The number of hydrogen-bond acceptors (Lipinski definition) is 6. The molecule has 0 bridgehead atoms. The standard InChI is InChI=1S/C22H25N5O2/c1-15-8-11-27(12-9-15)19-13-17(7-10-23-19)20-25-22(29-26-20)21(28)24-14-18-6-4-3-5-16(18)2/h3-7,10,13,15H,8-9,11-12,14H2,1-2H3,(H,24,28). The zero-order valence-electron chi connectivity index (χ0n) is 16.8. The second-order valence-corrected chi connectivity index (χ2v) is 7.60. The first kappa shape index (κ1) is 19.1. The second kappa shape index (κ2) is 8.43. The molecule has 1 fully saturated rings. The van der Waals surface area contributed by atoms with Crippen molar-refractivity contribution in [2.75, 3.05) is 18.0 Å². The Balaban J connectivity index is 1.44. The average molecular weight is 391 g/mol. The van der Waals surface area contributed by atoms with Gasteiger partial charge in [-0.15, -0.1) is 0 Å². The molecule has 4 rings (SSSR count). The summed E-state index contributed by atoms with van der Waals surface area (Å²) in [6, 6.07) is 11.7. The van der Waals surface area contributed by atoms with Gasteiger partial charge in [-0.05, 0) is 48.9 Å². The topological polar surface area (TPSA) is 84.2 Å². The normalized spacial score (nSPS) is 14.8. The van der Waals surface area contributed by atoms with Gasteiger partial charge in [0, 0.05) is 31.4 Å². The summed E-state index contributed by atoms with van der Waals surface area (Å²) in [6.07, 6.45) is 4.08. The van der Waals surface area contributed by atoms with E-state index in [-0.39, 0.29) is 11.8 Å². The Kier molecular flexibility index (Phi) is 5.55. The molecule has 2 aromatic heterocycles. The molecule has 7 nitrogen and oxygen atoms in total. The van der Waals surface area contributed by atoms with E-state index in [0.717, 1.165) is 41.5 Å². The Hall–Kier alpha value is -3.22. The largest absolute Gasteiger partial charge is 0.357 e. The van der Waals surface area contributed by atoms with Gasteiger partial charge in [-0.1, -0.05) is 36.3 Å². The Morgan fingerprint density at radius 3 is 2.83 bits per heavy atom. The van der Waals surface area contributed by atoms with Crippen molar-refractivity contribution >= 4 is 11.7 Å². The van der Waals surface area contributed by atoms with Crippen LogP contribution in [0.15, 0.2) is 47.1 Å². The van der Waals surface area contributed by atoms with Crippen LogP contribution in [0, 0.1) is 12.8 Å². The average Bonchev–Trinajstić information content (AvgIpc) is 3.24. The fourth-order valence-electron chi connectivity index (χ4n) is 3.46. The summed E-state index contributed by atoms with van der Waals surface area (Å²) in [7, 11) is 0. The highest BCUT2D eigenvalue weighted by Crippen LogP contribution is 2.25. The molecule has 0 saturated carbocycles. The van der Waals surface area contributed by atoms with Crippen LogP contribution in [0.1, 0.15) is 41.6 Å². The van der Waals surface area contributed by atoms with E-state index in [4.69, 9.17) is 4.52 Å². The van der Waals surface area contributed by atoms with Crippen LogP contribution in [0.3, 0.4) is 0 Å². The van der Waals surface area contributed by atoms with Crippen molar-refractivity contribution in [3.8, 4) is 11.4 Å². The maximum atomic E-state index is 12.4. The lowest BCUT2D eigenvalue weighted by Crippen LogP contribution is -2.33. The third kappa shape index (κ3) is 4.45. The smallest absolute Gasteiger partial charge is 0.316 e. The molecule has 150 valence electrons. The highest BCUT2D eigenvalue weighted by Gasteiger charge is 2.19. The molecule has 0 atom stereocenters. The maximum Gasteiger partial charge on any atom is 0.316 e. The molecule has 7 heteroatoms. The van der Waals surface area contributed by atoms with E-state index in [1.165, 1.54) is 12.8 Å². The van der Waals surface area contributed by atoms with Crippen molar-refractivity contribution in [1.82, 2.24) is 20.4 Å². The van der Waals surface area contributed by atoms with E-state index in [9.17, 15) is 4.79 Å². The number of nitrogens with one attached hydrogen (secondary N) is 1. The monoisotopic (exact) mass is 391 g/mol. The molecule has 1 amide bonds.